The molecule has 1 aliphatic carbocycles. The van der Waals surface area contributed by atoms with Crippen molar-refractivity contribution >= 4 is 86.8 Å². The molecule has 0 radical (unpaired) electrons. The Bertz CT molecular complexity index is 3010. The van der Waals surface area contributed by atoms with Crippen LogP contribution in [0.3, 0.4) is 0 Å². The maximum Gasteiger partial charge on any atom is 0.147 e. The molecular weight excluding hydrogens is 656 g/mol. The quantitative estimate of drug-likeness (QED) is 0.143. The minimum absolute atomic E-state index is 0.0672. The summed E-state index contributed by atoms with van der Waals surface area (Å²) >= 11 is 0. The zero-order valence-electron chi connectivity index (χ0n) is 30.8. The van der Waals surface area contributed by atoms with Gasteiger partial charge in [0, 0.05) is 22.2 Å². The highest BCUT2D eigenvalue weighted by molar-refractivity contribution is 6.48. The number of hydrogen-bond acceptors (Lipinski definition) is 3. The van der Waals surface area contributed by atoms with E-state index in [1.165, 1.54) is 27.6 Å². The Kier molecular flexibility index (Phi) is 7.03. The van der Waals surface area contributed by atoms with Crippen molar-refractivity contribution in [1.82, 2.24) is 0 Å². The zero-order valence-corrected chi connectivity index (χ0v) is 30.8. The summed E-state index contributed by atoms with van der Waals surface area (Å²) in [6, 6.07) is 53.4. The molecule has 0 amide bonds. The average molecular weight is 693 g/mol. The normalized spacial score (nSPS) is 13.1. The van der Waals surface area contributed by atoms with E-state index in [-0.39, 0.29) is 16.9 Å². The van der Waals surface area contributed by atoms with Crippen LogP contribution in [-0.2, 0) is 5.41 Å². The lowest BCUT2D eigenvalue weighted by atomic mass is 9.77. The van der Waals surface area contributed by atoms with Gasteiger partial charge in [0.15, 0.2) is 0 Å². The SMILES string of the molecule is Bc1c(O)c(-c2cc3ccccc3c3ccccc23)c(O)c(B)c1N(c1ccc2c(c1)C(C)(C)c1ccccc1-2)c1cc2ccccc2c2ccccc12. The van der Waals surface area contributed by atoms with Gasteiger partial charge in [-0.2, -0.15) is 0 Å². The second kappa shape index (κ2) is 11.8. The van der Waals surface area contributed by atoms with Gasteiger partial charge in [0.1, 0.15) is 27.2 Å². The van der Waals surface area contributed by atoms with E-state index in [0.29, 0.717) is 16.5 Å². The van der Waals surface area contributed by atoms with Crippen molar-refractivity contribution in [2.75, 3.05) is 4.90 Å². The van der Waals surface area contributed by atoms with Crippen molar-refractivity contribution in [3.63, 3.8) is 0 Å². The van der Waals surface area contributed by atoms with Gasteiger partial charge in [0.25, 0.3) is 0 Å². The topological polar surface area (TPSA) is 43.7 Å². The highest BCUT2D eigenvalue weighted by Crippen LogP contribution is 2.52. The van der Waals surface area contributed by atoms with Crippen LogP contribution in [0.5, 0.6) is 11.5 Å². The Morgan fingerprint density at radius 1 is 0.463 bits per heavy atom. The van der Waals surface area contributed by atoms with Gasteiger partial charge >= 0.3 is 0 Å². The Morgan fingerprint density at radius 2 is 0.963 bits per heavy atom. The molecule has 0 fully saturated rings. The molecule has 10 rings (SSSR count). The summed E-state index contributed by atoms with van der Waals surface area (Å²) in [4.78, 5) is 2.26. The molecule has 9 aromatic rings. The Labute approximate surface area is 316 Å². The molecule has 0 aliphatic heterocycles. The first-order valence-electron chi connectivity index (χ1n) is 18.6. The molecule has 1 aliphatic rings. The lowest BCUT2D eigenvalue weighted by molar-refractivity contribution is 0.460. The van der Waals surface area contributed by atoms with Gasteiger partial charge in [-0.1, -0.05) is 141 Å². The van der Waals surface area contributed by atoms with Crippen LogP contribution < -0.4 is 15.8 Å². The summed E-state index contributed by atoms with van der Waals surface area (Å²) in [6.07, 6.45) is 0. The minimum atomic E-state index is -0.214. The molecule has 3 nitrogen and oxygen atoms in total. The third-order valence-electron chi connectivity index (χ3n) is 12.0. The first-order valence-corrected chi connectivity index (χ1v) is 18.6. The van der Waals surface area contributed by atoms with Crippen molar-refractivity contribution in [2.45, 2.75) is 19.3 Å². The van der Waals surface area contributed by atoms with Crippen LogP contribution in [0.25, 0.3) is 65.3 Å². The molecule has 0 heterocycles. The molecule has 0 atom stereocenters. The van der Waals surface area contributed by atoms with Crippen molar-refractivity contribution in [3.8, 4) is 33.8 Å². The lowest BCUT2D eigenvalue weighted by Gasteiger charge is -2.33. The molecule has 54 heavy (non-hydrogen) atoms. The molecule has 0 saturated heterocycles. The maximum atomic E-state index is 12.5. The minimum Gasteiger partial charge on any atom is -0.508 e. The van der Waals surface area contributed by atoms with Gasteiger partial charge < -0.3 is 15.1 Å². The Hall–Kier alpha value is -6.45. The van der Waals surface area contributed by atoms with E-state index in [1.807, 2.05) is 33.9 Å². The van der Waals surface area contributed by atoms with Crippen LogP contribution in [0.4, 0.5) is 17.1 Å². The van der Waals surface area contributed by atoms with E-state index in [0.717, 1.165) is 60.3 Å². The summed E-state index contributed by atoms with van der Waals surface area (Å²) in [5, 5.41) is 33.7. The third kappa shape index (κ3) is 4.51. The lowest BCUT2D eigenvalue weighted by Crippen LogP contribution is -2.29. The molecule has 0 spiro atoms. The highest BCUT2D eigenvalue weighted by Gasteiger charge is 2.36. The Morgan fingerprint density at radius 3 is 1.63 bits per heavy atom. The van der Waals surface area contributed by atoms with Crippen molar-refractivity contribution in [3.05, 3.63) is 163 Å². The predicted molar refractivity (Wildman–Crippen MR) is 234 cm³/mol. The van der Waals surface area contributed by atoms with Crippen molar-refractivity contribution < 1.29 is 10.2 Å². The van der Waals surface area contributed by atoms with Gasteiger partial charge in [0.05, 0.1) is 11.3 Å². The maximum absolute atomic E-state index is 12.5. The molecular formula is C49H37B2NO2. The van der Waals surface area contributed by atoms with E-state index >= 15 is 0 Å². The zero-order chi connectivity index (χ0) is 36.9. The van der Waals surface area contributed by atoms with Crippen molar-refractivity contribution in [1.29, 1.82) is 0 Å². The number of nitrogens with zero attached hydrogens (tertiary/aromatic N) is 1. The molecule has 5 heteroatoms. The van der Waals surface area contributed by atoms with Crippen LogP contribution in [-0.4, -0.2) is 25.9 Å². The van der Waals surface area contributed by atoms with Crippen LogP contribution in [0.1, 0.15) is 25.0 Å². The Balaban J connectivity index is 1.28. The second-order valence-electron chi connectivity index (χ2n) is 15.3. The number of benzene rings is 9. The van der Waals surface area contributed by atoms with Gasteiger partial charge in [-0.15, -0.1) is 0 Å². The molecule has 256 valence electrons. The number of anilines is 3. The first-order chi connectivity index (χ1) is 26.2. The summed E-state index contributed by atoms with van der Waals surface area (Å²) in [5.74, 6) is 0.134. The fourth-order valence-corrected chi connectivity index (χ4v) is 9.28. The summed E-state index contributed by atoms with van der Waals surface area (Å²) in [5.41, 5.74) is 10.2. The highest BCUT2D eigenvalue weighted by atomic mass is 16.3. The molecule has 0 unspecified atom stereocenters. The largest absolute Gasteiger partial charge is 0.508 e. The van der Waals surface area contributed by atoms with E-state index < -0.39 is 0 Å². The van der Waals surface area contributed by atoms with Gasteiger partial charge in [-0.3, -0.25) is 0 Å². The first kappa shape index (κ1) is 32.2. The van der Waals surface area contributed by atoms with Crippen molar-refractivity contribution in [2.24, 2.45) is 0 Å². The molecule has 0 aromatic heterocycles. The van der Waals surface area contributed by atoms with Gasteiger partial charge in [0.2, 0.25) is 0 Å². The van der Waals surface area contributed by atoms with Crippen LogP contribution in [0, 0.1) is 0 Å². The summed E-state index contributed by atoms with van der Waals surface area (Å²) < 4.78 is 0. The van der Waals surface area contributed by atoms with Crippen LogP contribution in [0.15, 0.2) is 152 Å². The molecule has 0 saturated carbocycles. The fourth-order valence-electron chi connectivity index (χ4n) is 9.28. The fraction of sp³-hybridized carbons (Fsp3) is 0.0612. The molecule has 0 bridgehead atoms. The predicted octanol–water partition coefficient (Wildman–Crippen LogP) is 9.67. The number of phenolic OH excluding ortho intramolecular Hbond substituents is 2. The standard InChI is InChI=1S/C49H37B2NO2/c1-49(2)40-22-12-11-20-36(40)37-24-23-30(27-41(37)49)52(42-26-29-14-4-6-16-32(29)34-18-9-10-21-38(34)42)46-44(50)47(53)43(48(54)45(46)51)39-25-28-13-3-5-15-31(28)33-17-7-8-19-35(33)39/h3-27,53-54H,50-51H2,1-2H3. The third-order valence-corrected chi connectivity index (χ3v) is 12.0. The number of fused-ring (bicyclic) bond motifs is 9. The van der Waals surface area contributed by atoms with E-state index in [2.05, 4.69) is 152 Å². The second-order valence-corrected chi connectivity index (χ2v) is 15.3. The number of aromatic hydroxyl groups is 2. The molecule has 2 N–H and O–H groups in total. The van der Waals surface area contributed by atoms with E-state index in [1.54, 1.807) is 0 Å². The van der Waals surface area contributed by atoms with Gasteiger partial charge in [-0.25, -0.2) is 0 Å². The summed E-state index contributed by atoms with van der Waals surface area (Å²) in [7, 11) is 3.96. The van der Waals surface area contributed by atoms with Gasteiger partial charge in [-0.05, 0) is 101 Å². The van der Waals surface area contributed by atoms with E-state index in [4.69, 9.17) is 0 Å². The number of rotatable bonds is 4. The monoisotopic (exact) mass is 693 g/mol. The number of hydrogen-bond donors (Lipinski definition) is 2. The van der Waals surface area contributed by atoms with E-state index in [9.17, 15) is 10.2 Å². The average Bonchev–Trinajstić information content (AvgIpc) is 3.44. The van der Waals surface area contributed by atoms with Crippen LogP contribution >= 0.6 is 0 Å². The smallest absolute Gasteiger partial charge is 0.147 e. The molecule has 9 aromatic carbocycles. The van der Waals surface area contributed by atoms with Crippen LogP contribution in [0.2, 0.25) is 0 Å². The number of phenols is 2. The summed E-state index contributed by atoms with van der Waals surface area (Å²) in [6.45, 7) is 4.60.